The molecule has 2 heterocycles. The van der Waals surface area contributed by atoms with E-state index < -0.39 is 10.8 Å². The van der Waals surface area contributed by atoms with Gasteiger partial charge in [0.25, 0.3) is 5.69 Å². The molecule has 1 atom stereocenters. The van der Waals surface area contributed by atoms with Crippen molar-refractivity contribution < 1.29 is 14.4 Å². The lowest BCUT2D eigenvalue weighted by Gasteiger charge is -2.31. The lowest BCUT2D eigenvalue weighted by molar-refractivity contribution is -0.385. The summed E-state index contributed by atoms with van der Waals surface area (Å²) in [7, 11) is 0. The second kappa shape index (κ2) is 5.80. The van der Waals surface area contributed by atoms with Crippen molar-refractivity contribution in [3.8, 4) is 11.8 Å². The molecule has 0 N–H and O–H groups in total. The number of nitro benzene ring substituents is 1. The highest BCUT2D eigenvalue weighted by atomic mass is 16.6. The minimum atomic E-state index is -0.453. The van der Waals surface area contributed by atoms with Gasteiger partial charge < -0.3 is 9.47 Å². The van der Waals surface area contributed by atoms with Gasteiger partial charge in [0, 0.05) is 28.8 Å². The first-order valence-electron chi connectivity index (χ1n) is 7.65. The number of nitrogens with zero attached hydrogens (tertiary/aromatic N) is 2. The van der Waals surface area contributed by atoms with Gasteiger partial charge in [-0.2, -0.15) is 5.26 Å². The minimum Gasteiger partial charge on any atom is -0.489 e. The minimum absolute atomic E-state index is 0.0337. The number of nitriles is 1. The van der Waals surface area contributed by atoms with E-state index in [1.165, 1.54) is 12.1 Å². The van der Waals surface area contributed by atoms with Crippen LogP contribution in [0.1, 0.15) is 17.0 Å². The van der Waals surface area contributed by atoms with Gasteiger partial charge in [0.2, 0.25) is 0 Å². The predicted octanol–water partition coefficient (Wildman–Crippen LogP) is 3.92. The molecule has 0 saturated carbocycles. The first-order valence-corrected chi connectivity index (χ1v) is 7.65. The number of nitro groups is 1. The molecule has 25 heavy (non-hydrogen) atoms. The molecule has 0 amide bonds. The van der Waals surface area contributed by atoms with Gasteiger partial charge in [-0.25, -0.2) is 0 Å². The summed E-state index contributed by atoms with van der Waals surface area (Å²) in [5, 5.41) is 20.9. The van der Waals surface area contributed by atoms with Crippen molar-refractivity contribution in [2.24, 2.45) is 0 Å². The van der Waals surface area contributed by atoms with Crippen molar-refractivity contribution in [3.63, 3.8) is 0 Å². The highest BCUT2D eigenvalue weighted by molar-refractivity contribution is 5.73. The van der Waals surface area contributed by atoms with E-state index in [0.29, 0.717) is 22.6 Å². The van der Waals surface area contributed by atoms with Gasteiger partial charge in [-0.05, 0) is 6.07 Å². The fourth-order valence-electron chi connectivity index (χ4n) is 3.15. The summed E-state index contributed by atoms with van der Waals surface area (Å²) in [5.74, 6) is 0.614. The second-order valence-corrected chi connectivity index (χ2v) is 5.73. The lowest BCUT2D eigenvalue weighted by atomic mass is 9.81. The van der Waals surface area contributed by atoms with Gasteiger partial charge in [0.1, 0.15) is 18.1 Å². The molecular formula is C19H12N2O4. The Morgan fingerprint density at radius 1 is 1.20 bits per heavy atom. The summed E-state index contributed by atoms with van der Waals surface area (Å²) in [5.41, 5.74) is 2.56. The van der Waals surface area contributed by atoms with Crippen LogP contribution in [0.3, 0.4) is 0 Å². The van der Waals surface area contributed by atoms with E-state index in [0.717, 1.165) is 11.1 Å². The molecule has 2 aliphatic heterocycles. The largest absolute Gasteiger partial charge is 0.489 e. The molecule has 1 unspecified atom stereocenters. The van der Waals surface area contributed by atoms with E-state index in [9.17, 15) is 15.4 Å². The number of non-ortho nitro benzene ring substituents is 1. The maximum Gasteiger partial charge on any atom is 0.270 e. The van der Waals surface area contributed by atoms with Gasteiger partial charge in [-0.15, -0.1) is 0 Å². The van der Waals surface area contributed by atoms with Crippen molar-refractivity contribution in [2.45, 2.75) is 5.92 Å². The van der Waals surface area contributed by atoms with Crippen LogP contribution in [0.2, 0.25) is 0 Å². The van der Waals surface area contributed by atoms with Gasteiger partial charge in [-0.3, -0.25) is 10.1 Å². The van der Waals surface area contributed by atoms with Crippen LogP contribution >= 0.6 is 0 Å². The molecular weight excluding hydrogens is 320 g/mol. The molecule has 2 aromatic carbocycles. The normalized spacial score (nSPS) is 18.0. The number of hydrogen-bond donors (Lipinski definition) is 0. The van der Waals surface area contributed by atoms with Crippen LogP contribution in [0.4, 0.5) is 5.69 Å². The van der Waals surface area contributed by atoms with Crippen LogP contribution in [-0.2, 0) is 4.74 Å². The summed E-state index contributed by atoms with van der Waals surface area (Å²) in [6.45, 7) is 0.280. The number of ether oxygens (including phenoxy) is 2. The van der Waals surface area contributed by atoms with Crippen LogP contribution in [-0.4, -0.2) is 11.5 Å². The Morgan fingerprint density at radius 3 is 2.72 bits per heavy atom. The smallest absolute Gasteiger partial charge is 0.270 e. The average molecular weight is 332 g/mol. The van der Waals surface area contributed by atoms with Crippen molar-refractivity contribution in [3.05, 3.63) is 87.2 Å². The summed E-state index contributed by atoms with van der Waals surface area (Å²) < 4.78 is 11.4. The van der Waals surface area contributed by atoms with E-state index in [-0.39, 0.29) is 12.3 Å². The fraction of sp³-hybridized carbons (Fsp3) is 0.105. The van der Waals surface area contributed by atoms with E-state index in [1.807, 2.05) is 30.3 Å². The van der Waals surface area contributed by atoms with Crippen LogP contribution in [0, 0.1) is 21.4 Å². The zero-order valence-electron chi connectivity index (χ0n) is 13.0. The molecule has 0 aromatic heterocycles. The Labute approximate surface area is 143 Å². The monoisotopic (exact) mass is 332 g/mol. The molecule has 2 aliphatic rings. The molecule has 6 heteroatoms. The molecule has 0 saturated heterocycles. The standard InChI is InChI=1S/C19H12N2O4/c20-9-16-18-13(11-25-19(16)12-4-2-1-3-5-12)10-24-17-7-6-14(21(22)23)8-15(17)18/h1-8,11,18H,10H2. The number of hydrogen-bond acceptors (Lipinski definition) is 5. The molecule has 122 valence electrons. The third-order valence-corrected chi connectivity index (χ3v) is 4.30. The van der Waals surface area contributed by atoms with E-state index >= 15 is 0 Å². The summed E-state index contributed by atoms with van der Waals surface area (Å²) in [4.78, 5) is 10.7. The summed E-state index contributed by atoms with van der Waals surface area (Å²) >= 11 is 0. The summed E-state index contributed by atoms with van der Waals surface area (Å²) in [6.07, 6.45) is 1.58. The van der Waals surface area contributed by atoms with Crippen LogP contribution < -0.4 is 4.74 Å². The van der Waals surface area contributed by atoms with E-state index in [4.69, 9.17) is 9.47 Å². The zero-order valence-corrected chi connectivity index (χ0v) is 13.0. The summed E-state index contributed by atoms with van der Waals surface area (Å²) in [6, 6.07) is 16.0. The molecule has 0 fully saturated rings. The van der Waals surface area contributed by atoms with Gasteiger partial charge in [0.15, 0.2) is 0 Å². The maximum atomic E-state index is 11.1. The number of allylic oxidation sites excluding steroid dienone is 1. The lowest BCUT2D eigenvalue weighted by Crippen LogP contribution is -2.22. The molecule has 0 spiro atoms. The Bertz CT molecular complexity index is 971. The first-order chi connectivity index (χ1) is 12.2. The molecule has 2 aromatic rings. The molecule has 0 radical (unpaired) electrons. The van der Waals surface area contributed by atoms with Gasteiger partial charge in [-0.1, -0.05) is 30.3 Å². The quantitative estimate of drug-likeness (QED) is 0.614. The van der Waals surface area contributed by atoms with Gasteiger partial charge >= 0.3 is 0 Å². The van der Waals surface area contributed by atoms with Crippen LogP contribution in [0.15, 0.2) is 65.9 Å². The molecule has 0 aliphatic carbocycles. The third kappa shape index (κ3) is 2.42. The Balaban J connectivity index is 1.90. The topological polar surface area (TPSA) is 85.4 Å². The highest BCUT2D eigenvalue weighted by Gasteiger charge is 2.36. The first kappa shape index (κ1) is 15.0. The van der Waals surface area contributed by atoms with Crippen LogP contribution in [0.25, 0.3) is 5.76 Å². The van der Waals surface area contributed by atoms with E-state index in [1.54, 1.807) is 12.3 Å². The zero-order chi connectivity index (χ0) is 17.4. The number of rotatable bonds is 2. The maximum absolute atomic E-state index is 11.1. The fourth-order valence-corrected chi connectivity index (χ4v) is 3.15. The number of benzene rings is 2. The Hall–Kier alpha value is -3.59. The number of fused-ring (bicyclic) bond motifs is 3. The van der Waals surface area contributed by atoms with E-state index in [2.05, 4.69) is 6.07 Å². The molecule has 0 bridgehead atoms. The van der Waals surface area contributed by atoms with Crippen molar-refractivity contribution >= 4 is 11.4 Å². The van der Waals surface area contributed by atoms with Gasteiger partial charge in [0.05, 0.1) is 28.7 Å². The molecule has 6 nitrogen and oxygen atoms in total. The second-order valence-electron chi connectivity index (χ2n) is 5.73. The Morgan fingerprint density at radius 2 is 2.00 bits per heavy atom. The highest BCUT2D eigenvalue weighted by Crippen LogP contribution is 2.47. The average Bonchev–Trinajstić information content (AvgIpc) is 2.66. The van der Waals surface area contributed by atoms with Crippen LogP contribution in [0.5, 0.6) is 5.75 Å². The van der Waals surface area contributed by atoms with Crippen molar-refractivity contribution in [2.75, 3.05) is 6.61 Å². The Kier molecular flexibility index (Phi) is 3.47. The predicted molar refractivity (Wildman–Crippen MR) is 89.5 cm³/mol. The third-order valence-electron chi connectivity index (χ3n) is 4.30. The van der Waals surface area contributed by atoms with Crippen molar-refractivity contribution in [1.82, 2.24) is 0 Å². The SMILES string of the molecule is N#CC1=C(c2ccccc2)OC=C2COc3ccc([N+](=O)[O-])cc3C21. The van der Waals surface area contributed by atoms with Crippen molar-refractivity contribution in [1.29, 1.82) is 5.26 Å². The molecule has 4 rings (SSSR count).